The summed E-state index contributed by atoms with van der Waals surface area (Å²) < 4.78 is 10.6. The van der Waals surface area contributed by atoms with Crippen molar-refractivity contribution in [1.29, 1.82) is 0 Å². The molecule has 1 atom stereocenters. The maximum Gasteiger partial charge on any atom is 0.331 e. The van der Waals surface area contributed by atoms with E-state index in [1.165, 1.54) is 24.3 Å². The molecule has 1 N–H and O–H groups in total. The van der Waals surface area contributed by atoms with Gasteiger partial charge in [0.05, 0.1) is 12.3 Å². The van der Waals surface area contributed by atoms with Crippen LogP contribution in [0, 0.1) is 0 Å². The average molecular weight is 345 g/mol. The maximum atomic E-state index is 12.2. The highest BCUT2D eigenvalue weighted by Gasteiger charge is 2.18. The molecule has 5 nitrogen and oxygen atoms in total. The first-order valence-corrected chi connectivity index (χ1v) is 8.48. The molecule has 0 aliphatic carbocycles. The van der Waals surface area contributed by atoms with Gasteiger partial charge in [-0.1, -0.05) is 12.1 Å². The molecule has 6 heteroatoms. The maximum absolute atomic E-state index is 12.2. The molecule has 0 aliphatic rings. The largest absolute Gasteiger partial charge is 0.492 e. The number of para-hydroxylation sites is 2. The quantitative estimate of drug-likeness (QED) is 0.613. The van der Waals surface area contributed by atoms with Crippen molar-refractivity contribution in [3.63, 3.8) is 0 Å². The van der Waals surface area contributed by atoms with Crippen molar-refractivity contribution in [2.24, 2.45) is 0 Å². The number of hydrogen-bond acceptors (Lipinski definition) is 5. The number of amides is 1. The van der Waals surface area contributed by atoms with Crippen molar-refractivity contribution < 1.29 is 19.1 Å². The highest BCUT2D eigenvalue weighted by molar-refractivity contribution is 7.08. The topological polar surface area (TPSA) is 64.6 Å². The summed E-state index contributed by atoms with van der Waals surface area (Å²) in [4.78, 5) is 23.9. The number of anilines is 1. The highest BCUT2D eigenvalue weighted by atomic mass is 32.1. The van der Waals surface area contributed by atoms with Crippen LogP contribution < -0.4 is 10.1 Å². The van der Waals surface area contributed by atoms with Gasteiger partial charge in [0.25, 0.3) is 5.91 Å². The van der Waals surface area contributed by atoms with Gasteiger partial charge in [-0.15, -0.1) is 0 Å². The van der Waals surface area contributed by atoms with Crippen LogP contribution in [0.15, 0.2) is 47.2 Å². The van der Waals surface area contributed by atoms with Crippen LogP contribution in [0.2, 0.25) is 0 Å². The van der Waals surface area contributed by atoms with Crippen molar-refractivity contribution in [3.05, 3.63) is 52.7 Å². The molecule has 0 radical (unpaired) electrons. The summed E-state index contributed by atoms with van der Waals surface area (Å²) in [6, 6.07) is 8.99. The Labute approximate surface area is 144 Å². The van der Waals surface area contributed by atoms with Gasteiger partial charge < -0.3 is 14.8 Å². The van der Waals surface area contributed by atoms with Gasteiger partial charge in [0.2, 0.25) is 0 Å². The smallest absolute Gasteiger partial charge is 0.331 e. The van der Waals surface area contributed by atoms with Crippen molar-refractivity contribution in [3.8, 4) is 5.75 Å². The van der Waals surface area contributed by atoms with E-state index in [-0.39, 0.29) is 0 Å². The molecule has 0 fully saturated rings. The monoisotopic (exact) mass is 345 g/mol. The molecule has 0 aliphatic heterocycles. The number of thiophene rings is 1. The first kappa shape index (κ1) is 17.7. The average Bonchev–Trinajstić information content (AvgIpc) is 3.08. The Balaban J connectivity index is 1.91. The van der Waals surface area contributed by atoms with Crippen molar-refractivity contribution in [1.82, 2.24) is 0 Å². The summed E-state index contributed by atoms with van der Waals surface area (Å²) in [7, 11) is 0. The highest BCUT2D eigenvalue weighted by Crippen LogP contribution is 2.23. The molecule has 126 valence electrons. The van der Waals surface area contributed by atoms with Crippen molar-refractivity contribution in [2.75, 3.05) is 11.9 Å². The first-order valence-electron chi connectivity index (χ1n) is 7.53. The van der Waals surface area contributed by atoms with Gasteiger partial charge in [0.1, 0.15) is 5.75 Å². The Morgan fingerprint density at radius 3 is 2.79 bits per heavy atom. The number of carbonyl (C=O) groups excluding carboxylic acids is 2. The summed E-state index contributed by atoms with van der Waals surface area (Å²) >= 11 is 1.54. The Hall–Kier alpha value is -2.60. The molecule has 0 saturated carbocycles. The summed E-state index contributed by atoms with van der Waals surface area (Å²) in [6.07, 6.45) is 2.03. The Kier molecular flexibility index (Phi) is 6.57. The molecule has 1 aromatic heterocycles. The van der Waals surface area contributed by atoms with E-state index in [4.69, 9.17) is 9.47 Å². The lowest BCUT2D eigenvalue weighted by Crippen LogP contribution is -2.29. The molecule has 0 bridgehead atoms. The first-order chi connectivity index (χ1) is 11.6. The van der Waals surface area contributed by atoms with E-state index in [0.29, 0.717) is 18.0 Å². The molecule has 1 heterocycles. The predicted molar refractivity (Wildman–Crippen MR) is 95.1 cm³/mol. The van der Waals surface area contributed by atoms with Gasteiger partial charge >= 0.3 is 5.97 Å². The van der Waals surface area contributed by atoms with E-state index in [0.717, 1.165) is 5.56 Å². The fourth-order valence-electron chi connectivity index (χ4n) is 1.89. The van der Waals surface area contributed by atoms with E-state index in [1.54, 1.807) is 24.3 Å². The van der Waals surface area contributed by atoms with Crippen molar-refractivity contribution in [2.45, 2.75) is 20.0 Å². The van der Waals surface area contributed by atoms with E-state index >= 15 is 0 Å². The minimum Gasteiger partial charge on any atom is -0.492 e. The fraction of sp³-hybridized carbons (Fsp3) is 0.222. The summed E-state index contributed by atoms with van der Waals surface area (Å²) in [6.45, 7) is 3.88. The van der Waals surface area contributed by atoms with Crippen LogP contribution in [0.3, 0.4) is 0 Å². The molecule has 2 aromatic rings. The molecule has 0 saturated heterocycles. The Morgan fingerprint density at radius 1 is 1.29 bits per heavy atom. The molecule has 0 unspecified atom stereocenters. The lowest BCUT2D eigenvalue weighted by atomic mass is 10.2. The molecular weight excluding hydrogens is 326 g/mol. The molecule has 1 amide bonds. The fourth-order valence-corrected chi connectivity index (χ4v) is 2.52. The second-order valence-electron chi connectivity index (χ2n) is 4.89. The molecule has 1 aromatic carbocycles. The number of nitrogens with one attached hydrogen (secondary N) is 1. The number of benzene rings is 1. The van der Waals surface area contributed by atoms with Crippen LogP contribution in [0.5, 0.6) is 5.75 Å². The Bertz CT molecular complexity index is 710. The van der Waals surface area contributed by atoms with Gasteiger partial charge in [-0.3, -0.25) is 4.79 Å². The minimum atomic E-state index is -0.917. The number of ether oxygens (including phenoxy) is 2. The number of esters is 1. The van der Waals surface area contributed by atoms with E-state index < -0.39 is 18.0 Å². The van der Waals surface area contributed by atoms with E-state index in [9.17, 15) is 9.59 Å². The minimum absolute atomic E-state index is 0.417. The molecular formula is C18H19NO4S. The van der Waals surface area contributed by atoms with Crippen LogP contribution in [0.4, 0.5) is 5.69 Å². The second-order valence-corrected chi connectivity index (χ2v) is 5.67. The zero-order valence-corrected chi connectivity index (χ0v) is 14.3. The van der Waals surface area contributed by atoms with Crippen LogP contribution in [0.25, 0.3) is 6.08 Å². The summed E-state index contributed by atoms with van der Waals surface area (Å²) in [5.74, 6) is -0.411. The number of rotatable bonds is 7. The van der Waals surface area contributed by atoms with Gasteiger partial charge in [0.15, 0.2) is 6.10 Å². The van der Waals surface area contributed by atoms with Crippen LogP contribution in [-0.4, -0.2) is 24.6 Å². The molecule has 0 spiro atoms. The summed E-state index contributed by atoms with van der Waals surface area (Å²) in [5.41, 5.74) is 1.46. The predicted octanol–water partition coefficient (Wildman–Crippen LogP) is 3.73. The Morgan fingerprint density at radius 2 is 2.08 bits per heavy atom. The zero-order valence-electron chi connectivity index (χ0n) is 13.5. The summed E-state index contributed by atoms with van der Waals surface area (Å²) in [5, 5.41) is 6.53. The van der Waals surface area contributed by atoms with Gasteiger partial charge in [-0.25, -0.2) is 4.79 Å². The SMILES string of the molecule is CCOc1ccccc1NC(=O)[C@@H](C)OC(=O)/C=C/c1ccsc1. The number of hydrogen-bond donors (Lipinski definition) is 1. The van der Waals surface area contributed by atoms with Crippen LogP contribution in [0.1, 0.15) is 19.4 Å². The standard InChI is InChI=1S/C18H19NO4S/c1-3-22-16-7-5-4-6-15(16)19-18(21)13(2)23-17(20)9-8-14-10-11-24-12-14/h4-13H,3H2,1-2H3,(H,19,21)/b9-8+/t13-/m1/s1. The van der Waals surface area contributed by atoms with Gasteiger partial charge in [-0.05, 0) is 54.4 Å². The third-order valence-electron chi connectivity index (χ3n) is 3.06. The van der Waals surface area contributed by atoms with E-state index in [2.05, 4.69) is 5.32 Å². The molecule has 2 rings (SSSR count). The van der Waals surface area contributed by atoms with Gasteiger partial charge in [-0.2, -0.15) is 11.3 Å². The second kappa shape index (κ2) is 8.88. The van der Waals surface area contributed by atoms with Gasteiger partial charge in [0, 0.05) is 6.08 Å². The third kappa shape index (κ3) is 5.24. The molecule has 24 heavy (non-hydrogen) atoms. The lowest BCUT2D eigenvalue weighted by molar-refractivity contribution is -0.148. The normalized spacial score (nSPS) is 11.9. The van der Waals surface area contributed by atoms with E-state index in [1.807, 2.05) is 29.8 Å². The van der Waals surface area contributed by atoms with Crippen LogP contribution in [-0.2, 0) is 14.3 Å². The third-order valence-corrected chi connectivity index (χ3v) is 3.76. The lowest BCUT2D eigenvalue weighted by Gasteiger charge is -2.14. The van der Waals surface area contributed by atoms with Crippen molar-refractivity contribution >= 4 is 35.0 Å². The zero-order chi connectivity index (χ0) is 17.4. The van der Waals surface area contributed by atoms with Crippen LogP contribution >= 0.6 is 11.3 Å². The number of carbonyl (C=O) groups is 2.